The van der Waals surface area contributed by atoms with Crippen molar-refractivity contribution in [3.8, 4) is 5.75 Å². The van der Waals surface area contributed by atoms with Crippen molar-refractivity contribution in [1.82, 2.24) is 0 Å². The van der Waals surface area contributed by atoms with Crippen LogP contribution >= 0.6 is 0 Å². The monoisotopic (exact) mass is 241 g/mol. The fourth-order valence-corrected chi connectivity index (χ4v) is 3.24. The van der Waals surface area contributed by atoms with Gasteiger partial charge in [-0.25, -0.2) is 8.42 Å². The fourth-order valence-electron chi connectivity index (χ4n) is 1.67. The number of aromatic hydroxyl groups is 1. The molecule has 0 atom stereocenters. The molecular weight excluding hydrogens is 230 g/mol. The highest BCUT2D eigenvalue weighted by molar-refractivity contribution is 8.06. The second-order valence-electron chi connectivity index (χ2n) is 4.22. The van der Waals surface area contributed by atoms with Crippen LogP contribution in [0.15, 0.2) is 23.1 Å². The van der Waals surface area contributed by atoms with E-state index in [1.54, 1.807) is 0 Å². The van der Waals surface area contributed by atoms with Crippen molar-refractivity contribution in [3.05, 3.63) is 18.2 Å². The van der Waals surface area contributed by atoms with Crippen LogP contribution in [0.2, 0.25) is 0 Å². The Bertz CT molecular complexity index is 574. The van der Waals surface area contributed by atoms with Crippen molar-refractivity contribution in [1.29, 1.82) is 0 Å². The maximum atomic E-state index is 11.9. The van der Waals surface area contributed by atoms with Crippen LogP contribution in [-0.4, -0.2) is 24.2 Å². The maximum absolute atomic E-state index is 11.9. The summed E-state index contributed by atoms with van der Waals surface area (Å²) in [5.74, 6) is -0.0494. The number of fused-ring (bicyclic) bond motifs is 1. The van der Waals surface area contributed by atoms with Crippen LogP contribution in [0.1, 0.15) is 13.8 Å². The lowest BCUT2D eigenvalue weighted by Gasteiger charge is -2.31. The molecular formula is C10H11NO4S. The van der Waals surface area contributed by atoms with E-state index < -0.39 is 20.5 Å². The predicted octanol–water partition coefficient (Wildman–Crippen LogP) is 0.897. The average molecular weight is 241 g/mol. The molecule has 2 N–H and O–H groups in total. The molecule has 6 heteroatoms. The van der Waals surface area contributed by atoms with Crippen molar-refractivity contribution >= 4 is 20.6 Å². The van der Waals surface area contributed by atoms with E-state index in [9.17, 15) is 18.3 Å². The maximum Gasteiger partial charge on any atom is 0.275 e. The van der Waals surface area contributed by atoms with Gasteiger partial charge in [0.1, 0.15) is 11.3 Å². The van der Waals surface area contributed by atoms with E-state index in [4.69, 9.17) is 0 Å². The van der Waals surface area contributed by atoms with Crippen LogP contribution < -0.4 is 5.32 Å². The highest BCUT2D eigenvalue weighted by atomic mass is 32.2. The largest absolute Gasteiger partial charge is 0.508 e. The first-order valence-electron chi connectivity index (χ1n) is 4.66. The molecule has 1 heterocycles. The number of hydrogen-bond donors (Lipinski definition) is 2. The Morgan fingerprint density at radius 1 is 1.31 bits per heavy atom. The van der Waals surface area contributed by atoms with Gasteiger partial charge in [0, 0.05) is 6.07 Å². The normalized spacial score (nSPS) is 21.0. The fraction of sp³-hybridized carbons (Fsp3) is 0.300. The number of anilines is 1. The lowest BCUT2D eigenvalue weighted by atomic mass is 10.1. The van der Waals surface area contributed by atoms with Gasteiger partial charge in [-0.1, -0.05) is 0 Å². The standard InChI is InChI=1S/C10H11NO4S/c1-10(2)9(13)16(14,15)8-4-3-6(12)5-7(8)11-10/h3-5,11-12H,1-2H3. The molecule has 1 aromatic rings. The SMILES string of the molecule is CC1(C)Nc2cc(O)ccc2S(=O)(=O)C1=O. The summed E-state index contributed by atoms with van der Waals surface area (Å²) in [5.41, 5.74) is -0.927. The molecule has 1 aromatic carbocycles. The minimum absolute atomic E-state index is 0.0494. The third kappa shape index (κ3) is 1.37. The summed E-state index contributed by atoms with van der Waals surface area (Å²) in [4.78, 5) is 11.6. The summed E-state index contributed by atoms with van der Waals surface area (Å²) in [7, 11) is -3.96. The molecule has 2 rings (SSSR count). The van der Waals surface area contributed by atoms with Gasteiger partial charge >= 0.3 is 0 Å². The first-order valence-corrected chi connectivity index (χ1v) is 6.14. The zero-order valence-corrected chi connectivity index (χ0v) is 9.63. The molecule has 0 saturated heterocycles. The number of carbonyl (C=O) groups excluding carboxylic acids is 1. The lowest BCUT2D eigenvalue weighted by Crippen LogP contribution is -2.48. The summed E-state index contributed by atoms with van der Waals surface area (Å²) < 4.78 is 23.7. The minimum atomic E-state index is -3.96. The summed E-state index contributed by atoms with van der Waals surface area (Å²) in [6.07, 6.45) is 0. The molecule has 0 radical (unpaired) electrons. The summed E-state index contributed by atoms with van der Waals surface area (Å²) in [6.45, 7) is 2.97. The van der Waals surface area contributed by atoms with E-state index in [1.807, 2.05) is 0 Å². The van der Waals surface area contributed by atoms with E-state index in [1.165, 1.54) is 32.0 Å². The second-order valence-corrected chi connectivity index (χ2v) is 6.04. The number of phenolic OH excluding ortho intramolecular Hbond substituents is 1. The van der Waals surface area contributed by atoms with Gasteiger partial charge in [-0.3, -0.25) is 4.79 Å². The van der Waals surface area contributed by atoms with Gasteiger partial charge in [0.2, 0.25) is 9.84 Å². The van der Waals surface area contributed by atoms with Crippen LogP contribution in [0.3, 0.4) is 0 Å². The first-order chi connectivity index (χ1) is 7.25. The van der Waals surface area contributed by atoms with Crippen LogP contribution in [0.25, 0.3) is 0 Å². The molecule has 0 aliphatic carbocycles. The zero-order valence-electron chi connectivity index (χ0n) is 8.81. The Hall–Kier alpha value is -1.56. The van der Waals surface area contributed by atoms with Crippen LogP contribution in [-0.2, 0) is 14.6 Å². The average Bonchev–Trinajstić information content (AvgIpc) is 2.13. The molecule has 1 aliphatic rings. The number of sulfone groups is 1. The minimum Gasteiger partial charge on any atom is -0.508 e. The number of hydrogen-bond acceptors (Lipinski definition) is 5. The van der Waals surface area contributed by atoms with Crippen molar-refractivity contribution in [3.63, 3.8) is 0 Å². The molecule has 16 heavy (non-hydrogen) atoms. The molecule has 86 valence electrons. The van der Waals surface area contributed by atoms with E-state index in [0.29, 0.717) is 0 Å². The van der Waals surface area contributed by atoms with E-state index in [0.717, 1.165) is 0 Å². The zero-order chi connectivity index (χ0) is 12.1. The molecule has 0 fully saturated rings. The summed E-state index contributed by atoms with van der Waals surface area (Å²) in [6, 6.07) is 3.75. The third-order valence-electron chi connectivity index (χ3n) is 2.45. The Balaban J connectivity index is 2.76. The molecule has 1 aliphatic heterocycles. The third-order valence-corrected chi connectivity index (χ3v) is 4.39. The van der Waals surface area contributed by atoms with Crippen molar-refractivity contribution in [2.24, 2.45) is 0 Å². The van der Waals surface area contributed by atoms with Crippen LogP contribution in [0.4, 0.5) is 5.69 Å². The van der Waals surface area contributed by atoms with Gasteiger partial charge in [0.15, 0.2) is 0 Å². The van der Waals surface area contributed by atoms with Gasteiger partial charge < -0.3 is 10.4 Å². The van der Waals surface area contributed by atoms with E-state index >= 15 is 0 Å². The highest BCUT2D eigenvalue weighted by Crippen LogP contribution is 2.35. The van der Waals surface area contributed by atoms with Crippen LogP contribution in [0, 0.1) is 0 Å². The number of rotatable bonds is 0. The second kappa shape index (κ2) is 2.98. The molecule has 0 saturated carbocycles. The molecule has 0 amide bonds. The quantitative estimate of drug-likeness (QED) is 0.705. The van der Waals surface area contributed by atoms with Gasteiger partial charge in [0.25, 0.3) is 5.12 Å². The topological polar surface area (TPSA) is 83.5 Å². The Morgan fingerprint density at radius 3 is 2.56 bits per heavy atom. The molecule has 0 bridgehead atoms. The first kappa shape index (κ1) is 10.9. The molecule has 5 nitrogen and oxygen atoms in total. The van der Waals surface area contributed by atoms with E-state index in [2.05, 4.69) is 5.32 Å². The number of benzene rings is 1. The van der Waals surface area contributed by atoms with Crippen molar-refractivity contribution in [2.45, 2.75) is 24.3 Å². The highest BCUT2D eigenvalue weighted by Gasteiger charge is 2.44. The molecule has 0 aromatic heterocycles. The summed E-state index contributed by atoms with van der Waals surface area (Å²) >= 11 is 0. The molecule has 0 unspecified atom stereocenters. The van der Waals surface area contributed by atoms with Gasteiger partial charge in [-0.2, -0.15) is 0 Å². The van der Waals surface area contributed by atoms with Crippen molar-refractivity contribution in [2.75, 3.05) is 5.32 Å². The number of phenols is 1. The van der Waals surface area contributed by atoms with E-state index in [-0.39, 0.29) is 16.3 Å². The Kier molecular flexibility index (Phi) is 2.03. The van der Waals surface area contributed by atoms with Crippen molar-refractivity contribution < 1.29 is 18.3 Å². The van der Waals surface area contributed by atoms with Gasteiger partial charge in [-0.05, 0) is 26.0 Å². The molecule has 0 spiro atoms. The lowest BCUT2D eigenvalue weighted by molar-refractivity contribution is -0.114. The van der Waals surface area contributed by atoms with Gasteiger partial charge in [0.05, 0.1) is 10.6 Å². The Labute approximate surface area is 93.0 Å². The summed E-state index contributed by atoms with van der Waals surface area (Å²) in [5, 5.41) is 11.2. The van der Waals surface area contributed by atoms with Gasteiger partial charge in [-0.15, -0.1) is 0 Å². The number of carbonyl (C=O) groups is 1. The number of nitrogens with one attached hydrogen (secondary N) is 1. The Morgan fingerprint density at radius 2 is 1.94 bits per heavy atom. The predicted molar refractivity (Wildman–Crippen MR) is 58.0 cm³/mol. The van der Waals surface area contributed by atoms with Crippen LogP contribution in [0.5, 0.6) is 5.75 Å². The smallest absolute Gasteiger partial charge is 0.275 e.